The van der Waals surface area contributed by atoms with Crippen molar-refractivity contribution in [3.05, 3.63) is 28.2 Å². The fraction of sp³-hybridized carbons (Fsp3) is 0. The minimum atomic E-state index is 0.539. The second-order valence-electron chi connectivity index (χ2n) is 1.57. The largest absolute Gasteiger partial charge is 0.778 e. The number of hydrogen-bond acceptors (Lipinski definition) is 1. The van der Waals surface area contributed by atoms with Gasteiger partial charge in [0.05, 0.1) is 0 Å². The van der Waals surface area contributed by atoms with Crippen LogP contribution in [0, 0.1) is 0 Å². The molecule has 0 saturated heterocycles. The molecular weight excluding hydrogens is 175 g/mol. The summed E-state index contributed by atoms with van der Waals surface area (Å²) >= 11 is 16.0. The zero-order chi connectivity index (χ0) is 6.85. The van der Waals surface area contributed by atoms with E-state index in [0.29, 0.717) is 14.9 Å². The fourth-order valence-electron chi connectivity index (χ4n) is 0.475. The Kier molecular flexibility index (Phi) is 2.17. The molecule has 0 heterocycles. The monoisotopic (exact) mass is 177 g/mol. The van der Waals surface area contributed by atoms with E-state index >= 15 is 0 Å². The molecule has 0 saturated carbocycles. The second kappa shape index (κ2) is 2.74. The van der Waals surface area contributed by atoms with Gasteiger partial charge in [0, 0.05) is 10.0 Å². The van der Waals surface area contributed by atoms with Gasteiger partial charge in [-0.3, -0.25) is 0 Å². The van der Waals surface area contributed by atoms with Crippen molar-refractivity contribution in [3.63, 3.8) is 0 Å². The first-order valence-electron chi connectivity index (χ1n) is 2.32. The van der Waals surface area contributed by atoms with Crippen LogP contribution in [-0.2, 0) is 12.6 Å². The van der Waals surface area contributed by atoms with Gasteiger partial charge in [0.1, 0.15) is 0 Å². The van der Waals surface area contributed by atoms with Crippen LogP contribution in [0.25, 0.3) is 0 Å². The molecule has 0 N–H and O–H groups in total. The SMILES string of the molecule is [S-]c1ccc(Cl)cc1Cl. The smallest absolute Gasteiger partial charge is 0.0419 e. The van der Waals surface area contributed by atoms with Crippen LogP contribution >= 0.6 is 23.2 Å². The molecule has 48 valence electrons. The van der Waals surface area contributed by atoms with Crippen molar-refractivity contribution in [3.8, 4) is 0 Å². The minimum absolute atomic E-state index is 0.539. The molecule has 0 fully saturated rings. The lowest BCUT2D eigenvalue weighted by atomic mass is 10.4. The molecule has 0 unspecified atom stereocenters. The van der Waals surface area contributed by atoms with Gasteiger partial charge in [-0.25, -0.2) is 0 Å². The van der Waals surface area contributed by atoms with Crippen LogP contribution < -0.4 is 0 Å². The van der Waals surface area contributed by atoms with Crippen LogP contribution in [0.15, 0.2) is 23.1 Å². The highest BCUT2D eigenvalue weighted by Crippen LogP contribution is 2.19. The third-order valence-electron chi connectivity index (χ3n) is 0.894. The highest BCUT2D eigenvalue weighted by atomic mass is 35.5. The fourth-order valence-corrected chi connectivity index (χ4v) is 1.01. The van der Waals surface area contributed by atoms with E-state index in [0.717, 1.165) is 0 Å². The third kappa shape index (κ3) is 1.71. The summed E-state index contributed by atoms with van der Waals surface area (Å²) < 4.78 is 0. The summed E-state index contributed by atoms with van der Waals surface area (Å²) in [6.07, 6.45) is 0. The number of halogens is 2. The maximum atomic E-state index is 5.63. The lowest BCUT2D eigenvalue weighted by Gasteiger charge is -2.06. The van der Waals surface area contributed by atoms with Gasteiger partial charge in [0.2, 0.25) is 0 Å². The Balaban J connectivity index is 3.17. The Morgan fingerprint density at radius 3 is 2.33 bits per heavy atom. The van der Waals surface area contributed by atoms with Gasteiger partial charge in [-0.1, -0.05) is 29.3 Å². The number of rotatable bonds is 0. The molecule has 0 aliphatic carbocycles. The summed E-state index contributed by atoms with van der Waals surface area (Å²) in [5, 5.41) is 1.16. The summed E-state index contributed by atoms with van der Waals surface area (Å²) in [6.45, 7) is 0. The van der Waals surface area contributed by atoms with Crippen molar-refractivity contribution in [2.24, 2.45) is 0 Å². The average molecular weight is 178 g/mol. The van der Waals surface area contributed by atoms with Crippen LogP contribution in [0.5, 0.6) is 0 Å². The van der Waals surface area contributed by atoms with Crippen molar-refractivity contribution in [2.75, 3.05) is 0 Å². The molecule has 0 amide bonds. The molecule has 0 atom stereocenters. The van der Waals surface area contributed by atoms with Crippen molar-refractivity contribution in [1.29, 1.82) is 0 Å². The van der Waals surface area contributed by atoms with Crippen LogP contribution in [0.3, 0.4) is 0 Å². The predicted octanol–water partition coefficient (Wildman–Crippen LogP) is 2.90. The number of hydrogen-bond donors (Lipinski definition) is 0. The predicted molar refractivity (Wildman–Crippen MR) is 42.1 cm³/mol. The first kappa shape index (κ1) is 7.13. The highest BCUT2D eigenvalue weighted by Gasteiger charge is 1.87. The van der Waals surface area contributed by atoms with E-state index in [1.54, 1.807) is 18.2 Å². The lowest BCUT2D eigenvalue weighted by Crippen LogP contribution is -1.71. The van der Waals surface area contributed by atoms with E-state index in [1.165, 1.54) is 0 Å². The molecular formula is C6H3Cl2S-. The first-order chi connectivity index (χ1) is 4.20. The van der Waals surface area contributed by atoms with E-state index < -0.39 is 0 Å². The van der Waals surface area contributed by atoms with Crippen molar-refractivity contribution >= 4 is 35.8 Å². The van der Waals surface area contributed by atoms with E-state index in [-0.39, 0.29) is 0 Å². The molecule has 0 bridgehead atoms. The standard InChI is InChI=1S/C6H4Cl2S/c7-4-1-2-6(9)5(8)3-4/h1-3,9H/p-1. The van der Waals surface area contributed by atoms with Gasteiger partial charge in [-0.2, -0.15) is 4.90 Å². The summed E-state index contributed by atoms with van der Waals surface area (Å²) in [5.41, 5.74) is 0. The lowest BCUT2D eigenvalue weighted by molar-refractivity contribution is 1.47. The van der Waals surface area contributed by atoms with Crippen LogP contribution in [0.1, 0.15) is 0 Å². The third-order valence-corrected chi connectivity index (χ3v) is 1.91. The molecule has 1 aromatic carbocycles. The van der Waals surface area contributed by atoms with E-state index in [2.05, 4.69) is 0 Å². The molecule has 0 radical (unpaired) electrons. The highest BCUT2D eigenvalue weighted by molar-refractivity contribution is 7.59. The molecule has 0 nitrogen and oxygen atoms in total. The normalized spacial score (nSPS) is 9.56. The molecule has 0 aliphatic heterocycles. The molecule has 9 heavy (non-hydrogen) atoms. The van der Waals surface area contributed by atoms with Gasteiger partial charge in [-0.15, -0.1) is 0 Å². The van der Waals surface area contributed by atoms with Crippen LogP contribution in [0.4, 0.5) is 0 Å². The Morgan fingerprint density at radius 2 is 1.89 bits per heavy atom. The van der Waals surface area contributed by atoms with Crippen LogP contribution in [0.2, 0.25) is 10.0 Å². The number of benzene rings is 1. The van der Waals surface area contributed by atoms with Gasteiger partial charge >= 0.3 is 0 Å². The quantitative estimate of drug-likeness (QED) is 0.550. The molecule has 0 aliphatic rings. The summed E-state index contributed by atoms with van der Waals surface area (Å²) in [7, 11) is 0. The molecule has 3 heteroatoms. The topological polar surface area (TPSA) is 0 Å². The maximum Gasteiger partial charge on any atom is 0.0419 e. The van der Waals surface area contributed by atoms with Gasteiger partial charge < -0.3 is 12.6 Å². The minimum Gasteiger partial charge on any atom is -0.778 e. The van der Waals surface area contributed by atoms with E-state index in [1.807, 2.05) is 0 Å². The maximum absolute atomic E-state index is 5.63. The first-order valence-corrected chi connectivity index (χ1v) is 3.48. The molecule has 1 aromatic rings. The zero-order valence-electron chi connectivity index (χ0n) is 4.40. The molecule has 0 spiro atoms. The Labute approximate surface area is 69.2 Å². The zero-order valence-corrected chi connectivity index (χ0v) is 6.72. The van der Waals surface area contributed by atoms with Crippen molar-refractivity contribution in [2.45, 2.75) is 4.90 Å². The Morgan fingerprint density at radius 1 is 1.22 bits per heavy atom. The van der Waals surface area contributed by atoms with Gasteiger partial charge in [-0.05, 0) is 12.1 Å². The second-order valence-corrected chi connectivity index (χ2v) is 2.86. The van der Waals surface area contributed by atoms with Gasteiger partial charge in [0.25, 0.3) is 0 Å². The summed E-state index contributed by atoms with van der Waals surface area (Å²) in [6, 6.07) is 5.06. The van der Waals surface area contributed by atoms with Crippen molar-refractivity contribution in [1.82, 2.24) is 0 Å². The average Bonchev–Trinajstić information content (AvgIpc) is 1.80. The van der Waals surface area contributed by atoms with Crippen LogP contribution in [-0.4, -0.2) is 0 Å². The Hall–Kier alpha value is 0.0200. The van der Waals surface area contributed by atoms with Crippen molar-refractivity contribution < 1.29 is 0 Å². The summed E-state index contributed by atoms with van der Waals surface area (Å²) in [5.74, 6) is 0. The van der Waals surface area contributed by atoms with E-state index in [4.69, 9.17) is 35.8 Å². The molecule has 0 aromatic heterocycles. The van der Waals surface area contributed by atoms with E-state index in [9.17, 15) is 0 Å². The Bertz CT molecular complexity index is 222. The summed E-state index contributed by atoms with van der Waals surface area (Å²) in [4.78, 5) is 0.640. The molecule has 1 rings (SSSR count). The van der Waals surface area contributed by atoms with Gasteiger partial charge in [0.15, 0.2) is 0 Å².